The summed E-state index contributed by atoms with van der Waals surface area (Å²) in [7, 11) is 0. The molecule has 1 aromatic rings. The van der Waals surface area contributed by atoms with E-state index in [2.05, 4.69) is 0 Å². The average Bonchev–Trinajstić information content (AvgIpc) is 1.99. The SMILES string of the molecule is CC(C)(C)c1ccc(CC(N)=O)cc1F. The van der Waals surface area contributed by atoms with Crippen LogP contribution in [0.2, 0.25) is 0 Å². The van der Waals surface area contributed by atoms with E-state index in [-0.39, 0.29) is 17.7 Å². The summed E-state index contributed by atoms with van der Waals surface area (Å²) in [4.78, 5) is 10.7. The largest absolute Gasteiger partial charge is 0.369 e. The van der Waals surface area contributed by atoms with Gasteiger partial charge in [0.05, 0.1) is 6.42 Å². The first-order chi connectivity index (χ1) is 6.80. The number of halogens is 1. The Bertz CT molecular complexity index is 380. The Hall–Kier alpha value is -1.38. The number of carbonyl (C=O) groups is 1. The van der Waals surface area contributed by atoms with Gasteiger partial charge in [0.1, 0.15) is 5.82 Å². The summed E-state index contributed by atoms with van der Waals surface area (Å²) in [5.41, 5.74) is 6.08. The van der Waals surface area contributed by atoms with Gasteiger partial charge in [-0.25, -0.2) is 4.39 Å². The van der Waals surface area contributed by atoms with Gasteiger partial charge in [-0.1, -0.05) is 32.9 Å². The lowest BCUT2D eigenvalue weighted by Gasteiger charge is -2.20. The Kier molecular flexibility index (Phi) is 3.12. The number of benzene rings is 1. The van der Waals surface area contributed by atoms with Crippen LogP contribution >= 0.6 is 0 Å². The average molecular weight is 209 g/mol. The Morgan fingerprint density at radius 2 is 2.00 bits per heavy atom. The van der Waals surface area contributed by atoms with Crippen LogP contribution in [0.1, 0.15) is 31.9 Å². The molecular formula is C12H16FNO. The number of hydrogen-bond acceptors (Lipinski definition) is 1. The Labute approximate surface area is 89.3 Å². The monoisotopic (exact) mass is 209 g/mol. The summed E-state index contributed by atoms with van der Waals surface area (Å²) >= 11 is 0. The molecule has 1 amide bonds. The van der Waals surface area contributed by atoms with E-state index in [1.807, 2.05) is 20.8 Å². The van der Waals surface area contributed by atoms with Crippen LogP contribution in [0.3, 0.4) is 0 Å². The van der Waals surface area contributed by atoms with E-state index in [1.165, 1.54) is 6.07 Å². The molecule has 0 saturated carbocycles. The maximum atomic E-state index is 13.6. The second-order valence-corrected chi connectivity index (χ2v) is 4.71. The molecule has 0 fully saturated rings. The summed E-state index contributed by atoms with van der Waals surface area (Å²) < 4.78 is 13.6. The zero-order chi connectivity index (χ0) is 11.6. The number of carbonyl (C=O) groups excluding carboxylic acids is 1. The molecule has 0 atom stereocenters. The van der Waals surface area contributed by atoms with E-state index < -0.39 is 5.91 Å². The summed E-state index contributed by atoms with van der Waals surface area (Å²) in [5, 5.41) is 0. The Morgan fingerprint density at radius 1 is 1.40 bits per heavy atom. The molecule has 0 unspecified atom stereocenters. The van der Waals surface area contributed by atoms with Crippen LogP contribution in [0.15, 0.2) is 18.2 Å². The van der Waals surface area contributed by atoms with Crippen molar-refractivity contribution < 1.29 is 9.18 Å². The van der Waals surface area contributed by atoms with Gasteiger partial charge in [-0.05, 0) is 22.6 Å². The molecular weight excluding hydrogens is 193 g/mol. The first-order valence-corrected chi connectivity index (χ1v) is 4.88. The van der Waals surface area contributed by atoms with Gasteiger partial charge in [0.15, 0.2) is 0 Å². The smallest absolute Gasteiger partial charge is 0.221 e. The topological polar surface area (TPSA) is 43.1 Å². The number of amides is 1. The van der Waals surface area contributed by atoms with E-state index in [0.717, 1.165) is 0 Å². The minimum Gasteiger partial charge on any atom is -0.369 e. The lowest BCUT2D eigenvalue weighted by atomic mass is 9.86. The molecule has 0 spiro atoms. The predicted octanol–water partition coefficient (Wildman–Crippen LogP) is 2.15. The van der Waals surface area contributed by atoms with Crippen molar-refractivity contribution in [2.24, 2.45) is 5.73 Å². The van der Waals surface area contributed by atoms with Crippen LogP contribution in [-0.4, -0.2) is 5.91 Å². The Morgan fingerprint density at radius 3 is 2.40 bits per heavy atom. The number of nitrogens with two attached hydrogens (primary N) is 1. The molecule has 2 N–H and O–H groups in total. The third kappa shape index (κ3) is 3.05. The zero-order valence-electron chi connectivity index (χ0n) is 9.30. The molecule has 0 aliphatic rings. The predicted molar refractivity (Wildman–Crippen MR) is 58.0 cm³/mol. The fourth-order valence-corrected chi connectivity index (χ4v) is 1.48. The van der Waals surface area contributed by atoms with Crippen molar-refractivity contribution in [1.29, 1.82) is 0 Å². The minimum atomic E-state index is -0.446. The second kappa shape index (κ2) is 4.01. The van der Waals surface area contributed by atoms with Gasteiger partial charge in [-0.3, -0.25) is 4.79 Å². The highest BCUT2D eigenvalue weighted by Gasteiger charge is 2.18. The van der Waals surface area contributed by atoms with E-state index in [4.69, 9.17) is 5.73 Å². The molecule has 1 rings (SSSR count). The van der Waals surface area contributed by atoms with Crippen molar-refractivity contribution in [3.05, 3.63) is 35.1 Å². The molecule has 2 nitrogen and oxygen atoms in total. The fourth-order valence-electron chi connectivity index (χ4n) is 1.48. The highest BCUT2D eigenvalue weighted by molar-refractivity contribution is 5.76. The van der Waals surface area contributed by atoms with Crippen molar-refractivity contribution in [3.8, 4) is 0 Å². The maximum absolute atomic E-state index is 13.6. The van der Waals surface area contributed by atoms with Gasteiger partial charge >= 0.3 is 0 Å². The lowest BCUT2D eigenvalue weighted by Crippen LogP contribution is -2.16. The molecule has 1 aromatic carbocycles. The van der Waals surface area contributed by atoms with Gasteiger partial charge in [0.2, 0.25) is 5.91 Å². The van der Waals surface area contributed by atoms with Crippen molar-refractivity contribution in [3.63, 3.8) is 0 Å². The molecule has 82 valence electrons. The summed E-state index contributed by atoms with van der Waals surface area (Å²) in [5.74, 6) is -0.723. The highest BCUT2D eigenvalue weighted by atomic mass is 19.1. The van der Waals surface area contributed by atoms with E-state index in [1.54, 1.807) is 12.1 Å². The maximum Gasteiger partial charge on any atom is 0.221 e. The van der Waals surface area contributed by atoms with E-state index >= 15 is 0 Å². The number of rotatable bonds is 2. The third-order valence-corrected chi connectivity index (χ3v) is 2.22. The molecule has 0 bridgehead atoms. The van der Waals surface area contributed by atoms with Crippen LogP contribution in [0, 0.1) is 5.82 Å². The molecule has 0 saturated heterocycles. The van der Waals surface area contributed by atoms with Crippen molar-refractivity contribution in [1.82, 2.24) is 0 Å². The van der Waals surface area contributed by atoms with Crippen LogP contribution in [0.25, 0.3) is 0 Å². The molecule has 0 aromatic heterocycles. The first kappa shape index (κ1) is 11.7. The quantitative estimate of drug-likeness (QED) is 0.796. The molecule has 0 radical (unpaired) electrons. The van der Waals surface area contributed by atoms with E-state index in [9.17, 15) is 9.18 Å². The number of hydrogen-bond donors (Lipinski definition) is 1. The molecule has 0 aliphatic heterocycles. The molecule has 3 heteroatoms. The van der Waals surface area contributed by atoms with Crippen molar-refractivity contribution >= 4 is 5.91 Å². The van der Waals surface area contributed by atoms with Crippen molar-refractivity contribution in [2.75, 3.05) is 0 Å². The second-order valence-electron chi connectivity index (χ2n) is 4.71. The van der Waals surface area contributed by atoms with Gasteiger partial charge in [-0.2, -0.15) is 0 Å². The summed E-state index contributed by atoms with van der Waals surface area (Å²) in [6, 6.07) is 4.84. The normalized spacial score (nSPS) is 11.5. The molecule has 15 heavy (non-hydrogen) atoms. The third-order valence-electron chi connectivity index (χ3n) is 2.22. The van der Waals surface area contributed by atoms with Gasteiger partial charge < -0.3 is 5.73 Å². The Balaban J connectivity index is 3.04. The standard InChI is InChI=1S/C12H16FNO/c1-12(2,3)9-5-4-8(6-10(9)13)7-11(14)15/h4-6H,7H2,1-3H3,(H2,14,15). The summed E-state index contributed by atoms with van der Waals surface area (Å²) in [6.07, 6.45) is 0.0847. The molecule has 0 aliphatic carbocycles. The number of primary amides is 1. The van der Waals surface area contributed by atoms with Gasteiger partial charge in [0, 0.05) is 0 Å². The summed E-state index contributed by atoms with van der Waals surface area (Å²) in [6.45, 7) is 5.83. The van der Waals surface area contributed by atoms with Gasteiger partial charge in [0.25, 0.3) is 0 Å². The highest BCUT2D eigenvalue weighted by Crippen LogP contribution is 2.25. The molecule has 0 heterocycles. The minimum absolute atomic E-state index is 0.0847. The van der Waals surface area contributed by atoms with Gasteiger partial charge in [-0.15, -0.1) is 0 Å². The van der Waals surface area contributed by atoms with E-state index in [0.29, 0.717) is 11.1 Å². The van der Waals surface area contributed by atoms with Crippen LogP contribution in [0.5, 0.6) is 0 Å². The van der Waals surface area contributed by atoms with Crippen LogP contribution in [-0.2, 0) is 16.6 Å². The fraction of sp³-hybridized carbons (Fsp3) is 0.417. The first-order valence-electron chi connectivity index (χ1n) is 4.88. The lowest BCUT2D eigenvalue weighted by molar-refractivity contribution is -0.117. The van der Waals surface area contributed by atoms with Crippen LogP contribution < -0.4 is 5.73 Å². The van der Waals surface area contributed by atoms with Crippen molar-refractivity contribution in [2.45, 2.75) is 32.6 Å². The van der Waals surface area contributed by atoms with Crippen LogP contribution in [0.4, 0.5) is 4.39 Å². The zero-order valence-corrected chi connectivity index (χ0v) is 9.30.